The van der Waals surface area contributed by atoms with Crippen molar-refractivity contribution in [2.45, 2.75) is 20.8 Å². The van der Waals surface area contributed by atoms with E-state index in [1.54, 1.807) is 20.8 Å². The Labute approximate surface area is 131 Å². The first-order chi connectivity index (χ1) is 10.8. The Morgan fingerprint density at radius 1 is 1.22 bits per heavy atom. The highest BCUT2D eigenvalue weighted by atomic mass is 19.2. The van der Waals surface area contributed by atoms with Gasteiger partial charge in [0, 0.05) is 17.4 Å². The Hall–Kier alpha value is -2.70. The quantitative estimate of drug-likeness (QED) is 0.848. The van der Waals surface area contributed by atoms with Crippen molar-refractivity contribution < 1.29 is 23.1 Å². The van der Waals surface area contributed by atoms with Gasteiger partial charge in [-0.1, -0.05) is 0 Å². The molecule has 0 aliphatic heterocycles. The van der Waals surface area contributed by atoms with Crippen molar-refractivity contribution in [2.24, 2.45) is 0 Å². The molecule has 0 saturated carbocycles. The number of anilines is 1. The van der Waals surface area contributed by atoms with Crippen LogP contribution in [0.25, 0.3) is 0 Å². The molecule has 1 aromatic carbocycles. The van der Waals surface area contributed by atoms with Crippen molar-refractivity contribution in [3.8, 4) is 0 Å². The number of carbonyl (C=O) groups excluding carboxylic acids is 2. The van der Waals surface area contributed by atoms with Gasteiger partial charge in [-0.05, 0) is 38.5 Å². The highest BCUT2D eigenvalue weighted by molar-refractivity contribution is 6.08. The maximum Gasteiger partial charge on any atom is 0.355 e. The average Bonchev–Trinajstić information content (AvgIpc) is 2.78. The fourth-order valence-electron chi connectivity index (χ4n) is 2.27. The van der Waals surface area contributed by atoms with Crippen LogP contribution in [-0.2, 0) is 4.74 Å². The number of aryl methyl sites for hydroxylation is 1. The lowest BCUT2D eigenvalue weighted by Gasteiger charge is -2.06. The number of amides is 1. The molecule has 1 aromatic heterocycles. The van der Waals surface area contributed by atoms with Crippen LogP contribution in [0.2, 0.25) is 0 Å². The molecule has 2 aromatic rings. The molecule has 5 nitrogen and oxygen atoms in total. The summed E-state index contributed by atoms with van der Waals surface area (Å²) < 4.78 is 31.0. The van der Waals surface area contributed by atoms with Crippen LogP contribution >= 0.6 is 0 Å². The number of nitrogens with one attached hydrogen (secondary N) is 2. The summed E-state index contributed by atoms with van der Waals surface area (Å²) in [6.45, 7) is 5.14. The minimum atomic E-state index is -1.06. The number of ether oxygens (including phenoxy) is 1. The Kier molecular flexibility index (Phi) is 4.78. The van der Waals surface area contributed by atoms with E-state index in [1.807, 2.05) is 0 Å². The molecule has 7 heteroatoms. The van der Waals surface area contributed by atoms with E-state index in [0.717, 1.165) is 12.1 Å². The highest BCUT2D eigenvalue weighted by Gasteiger charge is 2.23. The Morgan fingerprint density at radius 2 is 1.91 bits per heavy atom. The van der Waals surface area contributed by atoms with Crippen LogP contribution in [-0.4, -0.2) is 23.5 Å². The third kappa shape index (κ3) is 3.39. The number of hydrogen-bond acceptors (Lipinski definition) is 3. The minimum absolute atomic E-state index is 0.117. The lowest BCUT2D eigenvalue weighted by Crippen LogP contribution is -2.14. The number of carbonyl (C=O) groups is 2. The summed E-state index contributed by atoms with van der Waals surface area (Å²) in [5.74, 6) is -3.14. The Balaban J connectivity index is 2.29. The molecule has 0 bridgehead atoms. The predicted octanol–water partition coefficient (Wildman–Crippen LogP) is 3.34. The van der Waals surface area contributed by atoms with Crippen molar-refractivity contribution in [2.75, 3.05) is 11.9 Å². The number of hydrogen-bond donors (Lipinski definition) is 2. The van der Waals surface area contributed by atoms with Crippen molar-refractivity contribution >= 4 is 17.6 Å². The molecule has 1 heterocycles. The van der Waals surface area contributed by atoms with Gasteiger partial charge < -0.3 is 15.0 Å². The molecule has 0 unspecified atom stereocenters. The minimum Gasteiger partial charge on any atom is -0.461 e. The second-order valence-corrected chi connectivity index (χ2v) is 4.93. The molecule has 0 radical (unpaired) electrons. The van der Waals surface area contributed by atoms with Crippen LogP contribution in [0.3, 0.4) is 0 Å². The molecule has 122 valence electrons. The summed E-state index contributed by atoms with van der Waals surface area (Å²) in [4.78, 5) is 27.0. The van der Waals surface area contributed by atoms with E-state index in [0.29, 0.717) is 11.3 Å². The third-order valence-corrected chi connectivity index (χ3v) is 3.32. The summed E-state index contributed by atoms with van der Waals surface area (Å²) in [5, 5.41) is 2.47. The second-order valence-electron chi connectivity index (χ2n) is 4.93. The lowest BCUT2D eigenvalue weighted by molar-refractivity contribution is 0.0519. The van der Waals surface area contributed by atoms with Crippen molar-refractivity contribution in [1.82, 2.24) is 4.98 Å². The molecule has 0 aliphatic rings. The number of halogens is 2. The molecule has 0 atom stereocenters. The maximum absolute atomic E-state index is 13.2. The standard InChI is InChI=1S/C16H16F2N2O3/c1-4-23-16(22)14-8(2)13(9(3)19-14)15(21)20-10-5-6-11(17)12(18)7-10/h5-7,19H,4H2,1-3H3,(H,20,21). The summed E-state index contributed by atoms with van der Waals surface area (Å²) in [7, 11) is 0. The fourth-order valence-corrected chi connectivity index (χ4v) is 2.27. The summed E-state index contributed by atoms with van der Waals surface area (Å²) in [6.07, 6.45) is 0. The van der Waals surface area contributed by atoms with E-state index >= 15 is 0 Å². The average molecular weight is 322 g/mol. The van der Waals surface area contributed by atoms with Gasteiger partial charge in [0.2, 0.25) is 0 Å². The van der Waals surface area contributed by atoms with Crippen LogP contribution < -0.4 is 5.32 Å². The van der Waals surface area contributed by atoms with Crippen LogP contribution in [0.5, 0.6) is 0 Å². The van der Waals surface area contributed by atoms with Gasteiger partial charge in [0.05, 0.1) is 12.2 Å². The summed E-state index contributed by atoms with van der Waals surface area (Å²) >= 11 is 0. The van der Waals surface area contributed by atoms with Gasteiger partial charge in [0.25, 0.3) is 5.91 Å². The van der Waals surface area contributed by atoms with Gasteiger partial charge in [-0.2, -0.15) is 0 Å². The van der Waals surface area contributed by atoms with Crippen LogP contribution in [0.1, 0.15) is 39.0 Å². The van der Waals surface area contributed by atoms with E-state index in [1.165, 1.54) is 6.07 Å². The van der Waals surface area contributed by atoms with Gasteiger partial charge in [-0.25, -0.2) is 13.6 Å². The highest BCUT2D eigenvalue weighted by Crippen LogP contribution is 2.21. The van der Waals surface area contributed by atoms with Crippen LogP contribution in [0, 0.1) is 25.5 Å². The number of esters is 1. The van der Waals surface area contributed by atoms with E-state index in [2.05, 4.69) is 10.3 Å². The zero-order chi connectivity index (χ0) is 17.1. The SMILES string of the molecule is CCOC(=O)c1[nH]c(C)c(C(=O)Nc2ccc(F)c(F)c2)c1C. The van der Waals surface area contributed by atoms with Crippen molar-refractivity contribution in [3.05, 3.63) is 52.3 Å². The maximum atomic E-state index is 13.2. The van der Waals surface area contributed by atoms with Gasteiger partial charge in [0.1, 0.15) is 5.69 Å². The molecular formula is C16H16F2N2O3. The van der Waals surface area contributed by atoms with E-state index in [-0.39, 0.29) is 23.6 Å². The van der Waals surface area contributed by atoms with Gasteiger partial charge >= 0.3 is 5.97 Å². The molecule has 0 aliphatic carbocycles. The topological polar surface area (TPSA) is 71.2 Å². The zero-order valence-corrected chi connectivity index (χ0v) is 12.9. The number of aromatic amines is 1. The Morgan fingerprint density at radius 3 is 2.52 bits per heavy atom. The van der Waals surface area contributed by atoms with E-state index < -0.39 is 23.5 Å². The molecule has 23 heavy (non-hydrogen) atoms. The van der Waals surface area contributed by atoms with Gasteiger partial charge in [-0.3, -0.25) is 4.79 Å². The molecule has 0 spiro atoms. The Bertz CT molecular complexity index is 769. The molecule has 0 fully saturated rings. The first-order valence-corrected chi connectivity index (χ1v) is 6.97. The van der Waals surface area contributed by atoms with Crippen molar-refractivity contribution in [1.29, 1.82) is 0 Å². The summed E-state index contributed by atoms with van der Waals surface area (Å²) in [5.41, 5.74) is 1.48. The molecule has 1 amide bonds. The molecule has 2 N–H and O–H groups in total. The van der Waals surface area contributed by atoms with E-state index in [4.69, 9.17) is 4.74 Å². The third-order valence-electron chi connectivity index (χ3n) is 3.32. The lowest BCUT2D eigenvalue weighted by atomic mass is 10.1. The van der Waals surface area contributed by atoms with Crippen LogP contribution in [0.4, 0.5) is 14.5 Å². The summed E-state index contributed by atoms with van der Waals surface area (Å²) in [6, 6.07) is 3.06. The zero-order valence-electron chi connectivity index (χ0n) is 12.9. The number of H-pyrrole nitrogens is 1. The normalized spacial score (nSPS) is 10.5. The number of benzene rings is 1. The monoisotopic (exact) mass is 322 g/mol. The van der Waals surface area contributed by atoms with Crippen LogP contribution in [0.15, 0.2) is 18.2 Å². The predicted molar refractivity (Wildman–Crippen MR) is 80.5 cm³/mol. The van der Waals surface area contributed by atoms with Gasteiger partial charge in [0.15, 0.2) is 11.6 Å². The second kappa shape index (κ2) is 6.60. The first kappa shape index (κ1) is 16.7. The molecular weight excluding hydrogens is 306 g/mol. The van der Waals surface area contributed by atoms with Gasteiger partial charge in [-0.15, -0.1) is 0 Å². The molecule has 2 rings (SSSR count). The fraction of sp³-hybridized carbons (Fsp3) is 0.250. The molecule has 0 saturated heterocycles. The largest absolute Gasteiger partial charge is 0.461 e. The number of rotatable bonds is 4. The smallest absolute Gasteiger partial charge is 0.355 e. The van der Waals surface area contributed by atoms with Crippen molar-refractivity contribution in [3.63, 3.8) is 0 Å². The first-order valence-electron chi connectivity index (χ1n) is 6.97. The number of aromatic nitrogens is 1. The van der Waals surface area contributed by atoms with E-state index in [9.17, 15) is 18.4 Å².